The summed E-state index contributed by atoms with van der Waals surface area (Å²) < 4.78 is 0. The van der Waals surface area contributed by atoms with Gasteiger partial charge in [-0.1, -0.05) is 23.7 Å². The van der Waals surface area contributed by atoms with Gasteiger partial charge in [0.05, 0.1) is 10.6 Å². The van der Waals surface area contributed by atoms with Gasteiger partial charge in [-0.3, -0.25) is 4.79 Å². The zero-order valence-corrected chi connectivity index (χ0v) is 10.2. The van der Waals surface area contributed by atoms with Crippen molar-refractivity contribution in [1.82, 2.24) is 4.98 Å². The molecule has 0 amide bonds. The molecule has 0 N–H and O–H groups in total. The number of Topliss-reactive ketones (excluding diaryl/α,β-unsaturated/α-hetero) is 1. The van der Waals surface area contributed by atoms with Crippen LogP contribution < -0.4 is 0 Å². The molecule has 0 spiro atoms. The zero-order chi connectivity index (χ0) is 11.7. The molecule has 0 unspecified atom stereocenters. The predicted octanol–water partition coefficient (Wildman–Crippen LogP) is 3.79. The molecule has 0 bridgehead atoms. The summed E-state index contributed by atoms with van der Waals surface area (Å²) in [7, 11) is 0. The van der Waals surface area contributed by atoms with E-state index in [1.165, 1.54) is 11.3 Å². The topological polar surface area (TPSA) is 30.0 Å². The van der Waals surface area contributed by atoms with Gasteiger partial charge in [-0.15, -0.1) is 11.3 Å². The Morgan fingerprint density at radius 3 is 2.50 bits per heavy atom. The first-order valence-corrected chi connectivity index (χ1v) is 5.87. The number of hydrogen-bond acceptors (Lipinski definition) is 3. The first-order chi connectivity index (χ1) is 7.58. The molecule has 2 aromatic rings. The van der Waals surface area contributed by atoms with Gasteiger partial charge in [0.25, 0.3) is 0 Å². The summed E-state index contributed by atoms with van der Waals surface area (Å²) in [5.74, 6) is -0.185. The number of aromatic nitrogens is 1. The van der Waals surface area contributed by atoms with Crippen LogP contribution >= 0.6 is 22.9 Å². The minimum Gasteiger partial charge on any atom is -0.293 e. The van der Waals surface area contributed by atoms with E-state index in [0.717, 1.165) is 16.3 Å². The largest absolute Gasteiger partial charge is 0.293 e. The average molecular weight is 251 g/mol. The summed E-state index contributed by atoms with van der Waals surface area (Å²) in [6, 6.07) is 7.38. The summed E-state index contributed by atoms with van der Waals surface area (Å²) >= 11 is 7.17. The van der Waals surface area contributed by atoms with Gasteiger partial charge in [-0.2, -0.15) is 0 Å². The molecule has 16 heavy (non-hydrogen) atoms. The Hall–Kier alpha value is -1.19. The molecule has 1 aromatic carbocycles. The maximum atomic E-state index is 11.2. The summed E-state index contributed by atoms with van der Waals surface area (Å²) in [5.41, 5.74) is 1.69. The SMILES string of the molecule is [CH2]C(=O)c1sc(-c2ccc(Cl)cc2)nc1C. The Labute approximate surface area is 103 Å². The van der Waals surface area contributed by atoms with Crippen molar-refractivity contribution in [1.29, 1.82) is 0 Å². The second-order valence-electron chi connectivity index (χ2n) is 3.36. The third-order valence-electron chi connectivity index (χ3n) is 2.14. The molecule has 4 heteroatoms. The van der Waals surface area contributed by atoms with Crippen LogP contribution in [0.25, 0.3) is 10.6 Å². The number of thiazole rings is 1. The van der Waals surface area contributed by atoms with Crippen molar-refractivity contribution in [3.05, 3.63) is 46.8 Å². The lowest BCUT2D eigenvalue weighted by Gasteiger charge is -1.95. The summed E-state index contributed by atoms with van der Waals surface area (Å²) in [5, 5.41) is 1.51. The monoisotopic (exact) mass is 250 g/mol. The molecule has 0 fully saturated rings. The van der Waals surface area contributed by atoms with E-state index in [0.29, 0.717) is 9.90 Å². The molecule has 0 saturated heterocycles. The van der Waals surface area contributed by atoms with E-state index in [9.17, 15) is 4.79 Å². The molecule has 1 heterocycles. The number of carbonyl (C=O) groups excluding carboxylic acids is 1. The highest BCUT2D eigenvalue weighted by Gasteiger charge is 2.12. The molecule has 0 aliphatic heterocycles. The van der Waals surface area contributed by atoms with Crippen LogP contribution in [0.5, 0.6) is 0 Å². The van der Waals surface area contributed by atoms with Gasteiger partial charge in [0.1, 0.15) is 5.01 Å². The van der Waals surface area contributed by atoms with Crippen LogP contribution in [0.15, 0.2) is 24.3 Å². The molecule has 0 aliphatic rings. The molecule has 2 nitrogen and oxygen atoms in total. The quantitative estimate of drug-likeness (QED) is 0.759. The fourth-order valence-corrected chi connectivity index (χ4v) is 2.43. The van der Waals surface area contributed by atoms with Crippen LogP contribution in [0.2, 0.25) is 5.02 Å². The second-order valence-corrected chi connectivity index (χ2v) is 4.80. The van der Waals surface area contributed by atoms with Gasteiger partial charge in [0.2, 0.25) is 0 Å². The normalized spacial score (nSPS) is 10.4. The lowest BCUT2D eigenvalue weighted by atomic mass is 10.2. The van der Waals surface area contributed by atoms with Gasteiger partial charge in [-0.05, 0) is 19.1 Å². The van der Waals surface area contributed by atoms with E-state index in [-0.39, 0.29) is 5.78 Å². The zero-order valence-electron chi connectivity index (χ0n) is 8.66. The number of carbonyl (C=O) groups is 1. The first-order valence-electron chi connectivity index (χ1n) is 4.67. The first kappa shape index (κ1) is 11.3. The van der Waals surface area contributed by atoms with E-state index in [2.05, 4.69) is 11.9 Å². The van der Waals surface area contributed by atoms with E-state index in [4.69, 9.17) is 11.6 Å². The summed E-state index contributed by atoms with van der Waals surface area (Å²) in [6.07, 6.45) is 0. The number of benzene rings is 1. The van der Waals surface area contributed by atoms with Crippen LogP contribution in [-0.4, -0.2) is 10.8 Å². The van der Waals surface area contributed by atoms with Crippen molar-refractivity contribution in [2.45, 2.75) is 6.92 Å². The Morgan fingerprint density at radius 2 is 2.00 bits per heavy atom. The third-order valence-corrected chi connectivity index (χ3v) is 3.64. The van der Waals surface area contributed by atoms with Crippen LogP contribution in [0.1, 0.15) is 15.4 Å². The van der Waals surface area contributed by atoms with Gasteiger partial charge in [0.15, 0.2) is 5.78 Å². The number of hydrogen-bond donors (Lipinski definition) is 0. The van der Waals surface area contributed by atoms with Crippen molar-refractivity contribution in [3.8, 4) is 10.6 Å². The van der Waals surface area contributed by atoms with Crippen LogP contribution in [0.3, 0.4) is 0 Å². The maximum Gasteiger partial charge on any atom is 0.175 e. The molecule has 81 valence electrons. The van der Waals surface area contributed by atoms with Crippen molar-refractivity contribution >= 4 is 28.7 Å². The maximum absolute atomic E-state index is 11.2. The molecular formula is C12H9ClNOS. The third kappa shape index (κ3) is 2.15. The van der Waals surface area contributed by atoms with Crippen LogP contribution in [0, 0.1) is 13.8 Å². The summed E-state index contributed by atoms with van der Waals surface area (Å²) in [4.78, 5) is 16.2. The van der Waals surface area contributed by atoms with Gasteiger partial charge >= 0.3 is 0 Å². The second kappa shape index (κ2) is 4.36. The lowest BCUT2D eigenvalue weighted by molar-refractivity contribution is 0.104. The Morgan fingerprint density at radius 1 is 1.38 bits per heavy atom. The Balaban J connectivity index is 2.45. The number of aryl methyl sites for hydroxylation is 1. The average Bonchev–Trinajstić information content (AvgIpc) is 2.61. The minimum absolute atomic E-state index is 0.185. The van der Waals surface area contributed by atoms with Gasteiger partial charge in [-0.25, -0.2) is 4.98 Å². The molecule has 2 rings (SSSR count). The molecular weight excluding hydrogens is 242 g/mol. The van der Waals surface area contributed by atoms with Crippen molar-refractivity contribution in [2.24, 2.45) is 0 Å². The fraction of sp³-hybridized carbons (Fsp3) is 0.0833. The lowest BCUT2D eigenvalue weighted by Crippen LogP contribution is -1.89. The Bertz CT molecular complexity index is 530. The number of rotatable bonds is 2. The molecule has 0 atom stereocenters. The van der Waals surface area contributed by atoms with Crippen LogP contribution in [0.4, 0.5) is 0 Å². The summed E-state index contributed by atoms with van der Waals surface area (Å²) in [6.45, 7) is 5.21. The highest BCUT2D eigenvalue weighted by Crippen LogP contribution is 2.28. The van der Waals surface area contributed by atoms with Gasteiger partial charge < -0.3 is 0 Å². The predicted molar refractivity (Wildman–Crippen MR) is 67.0 cm³/mol. The van der Waals surface area contributed by atoms with E-state index < -0.39 is 0 Å². The van der Waals surface area contributed by atoms with Crippen molar-refractivity contribution in [3.63, 3.8) is 0 Å². The minimum atomic E-state index is -0.185. The van der Waals surface area contributed by atoms with Crippen molar-refractivity contribution < 1.29 is 4.79 Å². The Kier molecular flexibility index (Phi) is 3.08. The molecule has 1 aromatic heterocycles. The standard InChI is InChI=1S/C12H9ClNOS/c1-7-11(8(2)15)16-12(14-7)9-3-5-10(13)6-4-9/h3-6H,2H2,1H3. The number of ketones is 1. The fourth-order valence-electron chi connectivity index (χ4n) is 1.37. The molecule has 0 saturated carbocycles. The van der Waals surface area contributed by atoms with E-state index >= 15 is 0 Å². The van der Waals surface area contributed by atoms with Gasteiger partial charge in [0, 0.05) is 17.5 Å². The molecule has 1 radical (unpaired) electrons. The van der Waals surface area contributed by atoms with Crippen molar-refractivity contribution in [2.75, 3.05) is 0 Å². The highest BCUT2D eigenvalue weighted by molar-refractivity contribution is 7.17. The number of halogens is 1. The van der Waals surface area contributed by atoms with E-state index in [1.807, 2.05) is 19.1 Å². The highest BCUT2D eigenvalue weighted by atomic mass is 35.5. The number of nitrogens with zero attached hydrogens (tertiary/aromatic N) is 1. The molecule has 0 aliphatic carbocycles. The van der Waals surface area contributed by atoms with Crippen LogP contribution in [-0.2, 0) is 0 Å². The smallest absolute Gasteiger partial charge is 0.175 e. The van der Waals surface area contributed by atoms with E-state index in [1.54, 1.807) is 12.1 Å².